The van der Waals surface area contributed by atoms with Gasteiger partial charge in [-0.25, -0.2) is 4.39 Å². The predicted octanol–water partition coefficient (Wildman–Crippen LogP) is 3.90. The summed E-state index contributed by atoms with van der Waals surface area (Å²) >= 11 is 3.39. The molecule has 120 valence electrons. The lowest BCUT2D eigenvalue weighted by molar-refractivity contribution is -0.153. The van der Waals surface area contributed by atoms with Gasteiger partial charge in [-0.2, -0.15) is 0 Å². The third kappa shape index (κ3) is 6.43. The second-order valence-corrected chi connectivity index (χ2v) is 5.70. The number of benzene rings is 1. The van der Waals surface area contributed by atoms with Crippen molar-refractivity contribution in [2.75, 3.05) is 19.8 Å². The average molecular weight is 362 g/mol. The lowest BCUT2D eigenvalue weighted by Crippen LogP contribution is -2.45. The van der Waals surface area contributed by atoms with Gasteiger partial charge in [-0.15, -0.1) is 0 Å². The Morgan fingerprint density at radius 1 is 1.19 bits per heavy atom. The van der Waals surface area contributed by atoms with Gasteiger partial charge in [-0.05, 0) is 57.0 Å². The first-order valence-corrected chi connectivity index (χ1v) is 8.32. The highest BCUT2D eigenvalue weighted by atomic mass is 79.9. The molecule has 0 saturated carbocycles. The molecule has 0 aromatic heterocycles. The molecule has 0 saturated heterocycles. The van der Waals surface area contributed by atoms with Crippen LogP contribution in [0.25, 0.3) is 0 Å². The van der Waals surface area contributed by atoms with Crippen molar-refractivity contribution in [3.8, 4) is 0 Å². The predicted molar refractivity (Wildman–Crippen MR) is 86.9 cm³/mol. The topological polar surface area (TPSA) is 30.5 Å². The molecular formula is C16H25BrFNO2. The van der Waals surface area contributed by atoms with Crippen molar-refractivity contribution in [3.05, 3.63) is 34.1 Å². The van der Waals surface area contributed by atoms with Crippen molar-refractivity contribution in [3.63, 3.8) is 0 Å². The van der Waals surface area contributed by atoms with Gasteiger partial charge in [-0.1, -0.05) is 22.9 Å². The fourth-order valence-electron chi connectivity index (χ4n) is 2.14. The lowest BCUT2D eigenvalue weighted by Gasteiger charge is -2.28. The van der Waals surface area contributed by atoms with Gasteiger partial charge in [0.15, 0.2) is 6.29 Å². The zero-order valence-electron chi connectivity index (χ0n) is 13.0. The van der Waals surface area contributed by atoms with Crippen LogP contribution in [0.4, 0.5) is 4.39 Å². The normalized spacial score (nSPS) is 12.9. The molecule has 1 aromatic carbocycles. The van der Waals surface area contributed by atoms with Gasteiger partial charge >= 0.3 is 0 Å². The number of hydrogen-bond donors (Lipinski definition) is 1. The fourth-order valence-corrected chi connectivity index (χ4v) is 2.55. The Kier molecular flexibility index (Phi) is 9.08. The first-order chi connectivity index (χ1) is 10.1. The van der Waals surface area contributed by atoms with Crippen LogP contribution >= 0.6 is 15.9 Å². The summed E-state index contributed by atoms with van der Waals surface area (Å²) in [6, 6.07) is 4.92. The third-order valence-corrected chi connectivity index (χ3v) is 3.59. The van der Waals surface area contributed by atoms with Crippen molar-refractivity contribution in [1.82, 2.24) is 5.32 Å². The smallest absolute Gasteiger partial charge is 0.172 e. The van der Waals surface area contributed by atoms with Gasteiger partial charge in [0, 0.05) is 17.7 Å². The van der Waals surface area contributed by atoms with Crippen molar-refractivity contribution < 1.29 is 13.9 Å². The highest BCUT2D eigenvalue weighted by Crippen LogP contribution is 2.19. The number of nitrogens with one attached hydrogen (secondary N) is 1. The van der Waals surface area contributed by atoms with E-state index in [4.69, 9.17) is 9.47 Å². The summed E-state index contributed by atoms with van der Waals surface area (Å²) in [5, 5.41) is 3.40. The molecule has 0 bridgehead atoms. The van der Waals surface area contributed by atoms with E-state index in [-0.39, 0.29) is 18.1 Å². The third-order valence-electron chi connectivity index (χ3n) is 3.09. The molecule has 0 heterocycles. The molecule has 0 aliphatic rings. The summed E-state index contributed by atoms with van der Waals surface area (Å²) in [4.78, 5) is 0. The molecule has 1 unspecified atom stereocenters. The average Bonchev–Trinajstić information content (AvgIpc) is 2.47. The Morgan fingerprint density at radius 3 is 2.43 bits per heavy atom. The maximum atomic E-state index is 14.0. The first kappa shape index (κ1) is 18.6. The van der Waals surface area contributed by atoms with Gasteiger partial charge in [-0.3, -0.25) is 0 Å². The van der Waals surface area contributed by atoms with E-state index in [2.05, 4.69) is 28.2 Å². The van der Waals surface area contributed by atoms with E-state index >= 15 is 0 Å². The summed E-state index contributed by atoms with van der Waals surface area (Å²) in [6.07, 6.45) is 1.16. The molecule has 0 aliphatic carbocycles. The van der Waals surface area contributed by atoms with Crippen molar-refractivity contribution in [2.24, 2.45) is 0 Å². The van der Waals surface area contributed by atoms with Crippen molar-refractivity contribution in [2.45, 2.75) is 45.9 Å². The summed E-state index contributed by atoms with van der Waals surface area (Å²) in [5.74, 6) is -0.201. The van der Waals surface area contributed by atoms with E-state index < -0.39 is 0 Å². The highest BCUT2D eigenvalue weighted by molar-refractivity contribution is 9.10. The summed E-state index contributed by atoms with van der Waals surface area (Å²) in [6.45, 7) is 7.94. The second-order valence-electron chi connectivity index (χ2n) is 4.78. The Bertz CT molecular complexity index is 411. The van der Waals surface area contributed by atoms with E-state index in [1.165, 1.54) is 6.07 Å². The van der Waals surface area contributed by atoms with Gasteiger partial charge in [0.05, 0.1) is 6.04 Å². The van der Waals surface area contributed by atoms with Crippen LogP contribution in [-0.4, -0.2) is 32.1 Å². The van der Waals surface area contributed by atoms with E-state index in [1.54, 1.807) is 6.07 Å². The van der Waals surface area contributed by atoms with E-state index in [9.17, 15) is 4.39 Å². The van der Waals surface area contributed by atoms with Crippen LogP contribution in [0.15, 0.2) is 22.7 Å². The fraction of sp³-hybridized carbons (Fsp3) is 0.625. The molecule has 1 aromatic rings. The standard InChI is InChI=1S/C16H25BrFNO2/c1-4-9-19-15(16(20-5-2)21-6-3)11-12-10-13(17)7-8-14(12)18/h7-8,10,15-16,19H,4-6,9,11H2,1-3H3. The molecule has 0 fully saturated rings. The molecule has 0 radical (unpaired) electrons. The van der Waals surface area contributed by atoms with Crippen LogP contribution in [0.2, 0.25) is 0 Å². The molecule has 1 rings (SSSR count). The van der Waals surface area contributed by atoms with Crippen LogP contribution in [0.1, 0.15) is 32.8 Å². The molecule has 0 amide bonds. The van der Waals surface area contributed by atoms with Crippen molar-refractivity contribution in [1.29, 1.82) is 0 Å². The Balaban J connectivity index is 2.86. The van der Waals surface area contributed by atoms with Crippen LogP contribution < -0.4 is 5.32 Å². The second kappa shape index (κ2) is 10.3. The van der Waals surface area contributed by atoms with Gasteiger partial charge in [0.2, 0.25) is 0 Å². The van der Waals surface area contributed by atoms with E-state index in [1.807, 2.05) is 19.9 Å². The minimum Gasteiger partial charge on any atom is -0.351 e. The van der Waals surface area contributed by atoms with Gasteiger partial charge in [0.25, 0.3) is 0 Å². The minimum absolute atomic E-state index is 0.0753. The monoisotopic (exact) mass is 361 g/mol. The van der Waals surface area contributed by atoms with Crippen LogP contribution in [0.3, 0.4) is 0 Å². The first-order valence-electron chi connectivity index (χ1n) is 7.52. The van der Waals surface area contributed by atoms with E-state index in [0.29, 0.717) is 25.2 Å². The number of hydrogen-bond acceptors (Lipinski definition) is 3. The SMILES string of the molecule is CCCNC(Cc1cc(Br)ccc1F)C(OCC)OCC. The number of halogens is 2. The summed E-state index contributed by atoms with van der Waals surface area (Å²) < 4.78 is 26.2. The molecule has 0 spiro atoms. The summed E-state index contributed by atoms with van der Waals surface area (Å²) in [7, 11) is 0. The van der Waals surface area contributed by atoms with Gasteiger partial charge < -0.3 is 14.8 Å². The van der Waals surface area contributed by atoms with Crippen LogP contribution in [0, 0.1) is 5.82 Å². The van der Waals surface area contributed by atoms with Crippen LogP contribution in [0.5, 0.6) is 0 Å². The minimum atomic E-state index is -0.370. The van der Waals surface area contributed by atoms with Crippen molar-refractivity contribution >= 4 is 15.9 Å². The molecule has 21 heavy (non-hydrogen) atoms. The number of ether oxygens (including phenoxy) is 2. The Hall–Kier alpha value is -0.490. The zero-order chi connectivity index (χ0) is 15.7. The molecule has 1 atom stereocenters. The molecule has 0 aliphatic heterocycles. The van der Waals surface area contributed by atoms with E-state index in [0.717, 1.165) is 17.4 Å². The number of rotatable bonds is 10. The maximum absolute atomic E-state index is 14.0. The zero-order valence-corrected chi connectivity index (χ0v) is 14.6. The Morgan fingerprint density at radius 2 is 1.86 bits per heavy atom. The van der Waals surface area contributed by atoms with Gasteiger partial charge in [0.1, 0.15) is 5.82 Å². The molecule has 1 N–H and O–H groups in total. The molecule has 3 nitrogen and oxygen atoms in total. The molecule has 5 heteroatoms. The summed E-state index contributed by atoms with van der Waals surface area (Å²) in [5.41, 5.74) is 0.655. The Labute approximate surface area is 135 Å². The van der Waals surface area contributed by atoms with Crippen LogP contribution in [-0.2, 0) is 15.9 Å². The molecular weight excluding hydrogens is 337 g/mol. The maximum Gasteiger partial charge on any atom is 0.172 e. The lowest BCUT2D eigenvalue weighted by atomic mass is 10.0. The largest absolute Gasteiger partial charge is 0.351 e. The highest BCUT2D eigenvalue weighted by Gasteiger charge is 2.23. The quantitative estimate of drug-likeness (QED) is 0.641.